The number of nitrogens with one attached hydrogen (secondary N) is 1. The lowest BCUT2D eigenvalue weighted by Gasteiger charge is -2.21. The van der Waals surface area contributed by atoms with Gasteiger partial charge in [0.05, 0.1) is 17.5 Å². The van der Waals surface area contributed by atoms with Gasteiger partial charge in [0.2, 0.25) is 0 Å². The van der Waals surface area contributed by atoms with Crippen molar-refractivity contribution in [1.29, 1.82) is 0 Å². The van der Waals surface area contributed by atoms with Gasteiger partial charge in [0, 0.05) is 45.9 Å². The fourth-order valence-corrected chi connectivity index (χ4v) is 4.63. The molecule has 9 heteroatoms. The van der Waals surface area contributed by atoms with E-state index >= 15 is 0 Å². The van der Waals surface area contributed by atoms with Crippen LogP contribution >= 0.6 is 23.2 Å². The molecule has 0 saturated heterocycles. The number of Topliss-reactive ketones (excluding diaryl/α,β-unsaturated/α-hetero) is 1. The maximum absolute atomic E-state index is 13.3. The van der Waals surface area contributed by atoms with Crippen LogP contribution in [0.2, 0.25) is 10.0 Å². The summed E-state index contributed by atoms with van der Waals surface area (Å²) in [6.45, 7) is 3.80. The first-order valence-electron chi connectivity index (χ1n) is 10.1. The minimum atomic E-state index is -0.0835. The monoisotopic (exact) mass is 467 g/mol. The Labute approximate surface area is 194 Å². The zero-order valence-electron chi connectivity index (χ0n) is 17.4. The van der Waals surface area contributed by atoms with Crippen molar-refractivity contribution in [3.63, 3.8) is 0 Å². The van der Waals surface area contributed by atoms with Crippen LogP contribution < -0.4 is 5.32 Å². The molecule has 4 aromatic rings. The third-order valence-corrected chi connectivity index (χ3v) is 5.80. The summed E-state index contributed by atoms with van der Waals surface area (Å²) < 4.78 is 7.24. The third kappa shape index (κ3) is 3.89. The highest BCUT2D eigenvalue weighted by molar-refractivity contribution is 6.35. The van der Waals surface area contributed by atoms with E-state index in [0.717, 1.165) is 22.8 Å². The zero-order chi connectivity index (χ0) is 22.4. The number of fused-ring (bicyclic) bond motifs is 1. The normalized spacial score (nSPS) is 15.6. The Bertz CT molecular complexity index is 1290. The van der Waals surface area contributed by atoms with Crippen LogP contribution in [-0.4, -0.2) is 25.5 Å². The smallest absolute Gasteiger partial charge is 0.251 e. The van der Waals surface area contributed by atoms with Crippen molar-refractivity contribution >= 4 is 40.5 Å². The van der Waals surface area contributed by atoms with Crippen LogP contribution in [0.4, 0.5) is 11.5 Å². The third-order valence-electron chi connectivity index (χ3n) is 5.36. The van der Waals surface area contributed by atoms with Crippen molar-refractivity contribution < 1.29 is 9.21 Å². The molecule has 0 spiro atoms. The van der Waals surface area contributed by atoms with Crippen molar-refractivity contribution in [2.45, 2.75) is 32.6 Å². The van der Waals surface area contributed by atoms with Gasteiger partial charge in [0.15, 0.2) is 11.6 Å². The summed E-state index contributed by atoms with van der Waals surface area (Å²) in [5.41, 5.74) is 3.53. The number of rotatable bonds is 4. The summed E-state index contributed by atoms with van der Waals surface area (Å²) in [6.07, 6.45) is 2.51. The number of benzene rings is 1. The Balaban J connectivity index is 1.65. The number of aryl methyl sites for hydroxylation is 2. The lowest BCUT2D eigenvalue weighted by molar-refractivity contribution is 0.0960. The molecule has 1 aliphatic carbocycles. The van der Waals surface area contributed by atoms with Gasteiger partial charge >= 0.3 is 0 Å². The molecule has 0 aliphatic heterocycles. The molecule has 1 aliphatic rings. The van der Waals surface area contributed by atoms with Gasteiger partial charge in [-0.3, -0.25) is 4.79 Å². The van der Waals surface area contributed by atoms with Crippen LogP contribution in [0.1, 0.15) is 45.5 Å². The molecule has 162 valence electrons. The summed E-state index contributed by atoms with van der Waals surface area (Å²) in [4.78, 5) is 22.4. The first-order valence-corrected chi connectivity index (χ1v) is 10.9. The Morgan fingerprint density at radius 2 is 1.78 bits per heavy atom. The molecule has 0 fully saturated rings. The summed E-state index contributed by atoms with van der Waals surface area (Å²) >= 11 is 12.3. The van der Waals surface area contributed by atoms with Crippen molar-refractivity contribution in [3.05, 3.63) is 81.1 Å². The number of hydrogen-bond acceptors (Lipinski definition) is 6. The molecule has 0 radical (unpaired) electrons. The highest BCUT2D eigenvalue weighted by Gasteiger charge is 2.35. The van der Waals surface area contributed by atoms with Crippen molar-refractivity contribution in [2.24, 2.45) is 0 Å². The number of anilines is 2. The summed E-state index contributed by atoms with van der Waals surface area (Å²) in [5.74, 6) is 1.50. The van der Waals surface area contributed by atoms with E-state index in [4.69, 9.17) is 32.7 Å². The van der Waals surface area contributed by atoms with Gasteiger partial charge in [-0.05, 0) is 50.2 Å². The quantitative estimate of drug-likeness (QED) is 0.405. The van der Waals surface area contributed by atoms with Gasteiger partial charge in [0.1, 0.15) is 5.76 Å². The van der Waals surface area contributed by atoms with Gasteiger partial charge < -0.3 is 9.73 Å². The van der Waals surface area contributed by atoms with Gasteiger partial charge in [-0.1, -0.05) is 23.2 Å². The molecule has 5 rings (SSSR count). The van der Waals surface area contributed by atoms with E-state index in [2.05, 4.69) is 15.3 Å². The number of nitrogens with zero attached hydrogens (tertiary/aromatic N) is 4. The Morgan fingerprint density at radius 1 is 1.06 bits per heavy atom. The van der Waals surface area contributed by atoms with Crippen molar-refractivity contribution in [1.82, 2.24) is 19.7 Å². The predicted octanol–water partition coefficient (Wildman–Crippen LogP) is 5.84. The lowest BCUT2D eigenvalue weighted by Crippen LogP contribution is -2.21. The van der Waals surface area contributed by atoms with Crippen LogP contribution in [0.15, 0.2) is 47.1 Å². The van der Waals surface area contributed by atoms with E-state index in [1.54, 1.807) is 29.1 Å². The zero-order valence-corrected chi connectivity index (χ0v) is 18.9. The van der Waals surface area contributed by atoms with Crippen LogP contribution in [0.3, 0.4) is 0 Å². The van der Waals surface area contributed by atoms with Crippen LogP contribution in [0.5, 0.6) is 0 Å². The molecule has 3 heterocycles. The standard InChI is InChI=1S/C23H19Cl2N5O2/c1-12-6-13(2)27-23(26-12)30-18-7-14(20-4-3-5-32-20)8-19(31)21(18)22(29-30)28-17-10-15(24)9-16(25)11-17/h3-6,9-11,14H,7-8H2,1-2H3,(H,28,29). The Morgan fingerprint density at radius 3 is 2.44 bits per heavy atom. The number of aromatic nitrogens is 4. The molecule has 32 heavy (non-hydrogen) atoms. The summed E-state index contributed by atoms with van der Waals surface area (Å²) in [6, 6.07) is 10.7. The van der Waals surface area contributed by atoms with E-state index in [9.17, 15) is 4.79 Å². The van der Waals surface area contributed by atoms with Crippen LogP contribution in [0, 0.1) is 13.8 Å². The average Bonchev–Trinajstić information content (AvgIpc) is 3.35. The van der Waals surface area contributed by atoms with E-state index in [-0.39, 0.29) is 11.7 Å². The molecule has 1 aromatic carbocycles. The van der Waals surface area contributed by atoms with Gasteiger partial charge in [-0.15, -0.1) is 5.10 Å². The molecule has 1 unspecified atom stereocenters. The number of ketones is 1. The molecule has 7 nitrogen and oxygen atoms in total. The molecule has 0 bridgehead atoms. The van der Waals surface area contributed by atoms with E-state index in [0.29, 0.717) is 45.9 Å². The van der Waals surface area contributed by atoms with Crippen LogP contribution in [0.25, 0.3) is 5.95 Å². The second-order valence-corrected chi connectivity index (χ2v) is 8.73. The van der Waals surface area contributed by atoms with E-state index in [1.807, 2.05) is 32.0 Å². The molecule has 0 amide bonds. The molecular formula is C23H19Cl2N5O2. The first kappa shape index (κ1) is 20.7. The second-order valence-electron chi connectivity index (χ2n) is 7.86. The number of furan rings is 1. The average molecular weight is 468 g/mol. The maximum Gasteiger partial charge on any atom is 0.251 e. The largest absolute Gasteiger partial charge is 0.469 e. The molecule has 1 atom stereocenters. The number of carbonyl (C=O) groups is 1. The summed E-state index contributed by atoms with van der Waals surface area (Å²) in [7, 11) is 0. The number of carbonyl (C=O) groups excluding carboxylic acids is 1. The topological polar surface area (TPSA) is 85.8 Å². The molecule has 1 N–H and O–H groups in total. The second kappa shape index (κ2) is 8.07. The molecular weight excluding hydrogens is 449 g/mol. The highest BCUT2D eigenvalue weighted by atomic mass is 35.5. The van der Waals surface area contributed by atoms with Crippen molar-refractivity contribution in [2.75, 3.05) is 5.32 Å². The molecule has 3 aromatic heterocycles. The van der Waals surface area contributed by atoms with Gasteiger partial charge in [-0.25, -0.2) is 14.6 Å². The van der Waals surface area contributed by atoms with E-state index < -0.39 is 0 Å². The van der Waals surface area contributed by atoms with Gasteiger partial charge in [-0.2, -0.15) is 0 Å². The van der Waals surface area contributed by atoms with Crippen molar-refractivity contribution in [3.8, 4) is 5.95 Å². The maximum atomic E-state index is 13.3. The fourth-order valence-electron chi connectivity index (χ4n) is 4.11. The Hall–Kier alpha value is -3.16. The number of hydrogen-bond donors (Lipinski definition) is 1. The van der Waals surface area contributed by atoms with E-state index in [1.165, 1.54) is 0 Å². The summed E-state index contributed by atoms with van der Waals surface area (Å²) in [5, 5.41) is 8.88. The minimum Gasteiger partial charge on any atom is -0.469 e. The lowest BCUT2D eigenvalue weighted by atomic mass is 9.85. The fraction of sp³-hybridized carbons (Fsp3) is 0.217. The minimum absolute atomic E-state index is 0.0288. The molecule has 0 saturated carbocycles. The SMILES string of the molecule is Cc1cc(C)nc(-n2nc(Nc3cc(Cl)cc(Cl)c3)c3c2CC(c2ccco2)CC3=O)n1. The highest BCUT2D eigenvalue weighted by Crippen LogP contribution is 2.38. The first-order chi connectivity index (χ1) is 15.4. The predicted molar refractivity (Wildman–Crippen MR) is 122 cm³/mol. The van der Waals surface area contributed by atoms with Crippen LogP contribution in [-0.2, 0) is 6.42 Å². The Kier molecular flexibility index (Phi) is 5.23. The number of halogens is 2. The van der Waals surface area contributed by atoms with Gasteiger partial charge in [0.25, 0.3) is 5.95 Å².